The van der Waals surface area contributed by atoms with Crippen molar-refractivity contribution in [3.05, 3.63) is 73.8 Å². The Bertz CT molecular complexity index is 1500. The first kappa shape index (κ1) is 24.4. The molecule has 4 aromatic heterocycles. The van der Waals surface area contributed by atoms with Crippen LogP contribution in [-0.4, -0.2) is 64.2 Å². The van der Waals surface area contributed by atoms with E-state index in [1.165, 1.54) is 15.3 Å². The molecule has 4 aromatic rings. The molecule has 2 N–H and O–H groups in total. The number of carbonyl (C=O) groups excluding carboxylic acids is 1. The fourth-order valence-electron chi connectivity index (χ4n) is 4.53. The summed E-state index contributed by atoms with van der Waals surface area (Å²) < 4.78 is 8.57. The SMILES string of the molecule is Cc1ccn2c(=O)c3cc(C(=O)NCCCN4CCOCC4)c(=N)n(CCc4cccs4)c3nc2c1. The summed E-state index contributed by atoms with van der Waals surface area (Å²) in [4.78, 5) is 34.8. The summed E-state index contributed by atoms with van der Waals surface area (Å²) in [5.41, 5.74) is 1.94. The Hall–Kier alpha value is -3.34. The predicted octanol–water partition coefficient (Wildman–Crippen LogP) is 2.19. The van der Waals surface area contributed by atoms with Gasteiger partial charge in [-0.3, -0.25) is 24.3 Å². The standard InChI is InChI=1S/C26H30N6O3S/c1-18-5-9-31-22(16-18)29-24-21(26(31)34)17-20(23(27)32(24)10-6-19-4-2-15-36-19)25(33)28-7-3-8-30-11-13-35-14-12-30/h2,4-5,9,15-17,27H,3,6-8,10-14H2,1H3,(H,28,33). The van der Waals surface area contributed by atoms with Crippen molar-refractivity contribution < 1.29 is 9.53 Å². The molecular formula is C26H30N6O3S. The molecule has 188 valence electrons. The van der Waals surface area contributed by atoms with Gasteiger partial charge in [0.15, 0.2) is 0 Å². The summed E-state index contributed by atoms with van der Waals surface area (Å²) >= 11 is 1.64. The Morgan fingerprint density at radius 2 is 2.06 bits per heavy atom. The van der Waals surface area contributed by atoms with Gasteiger partial charge in [0, 0.05) is 37.3 Å². The van der Waals surface area contributed by atoms with E-state index < -0.39 is 0 Å². The predicted molar refractivity (Wildman–Crippen MR) is 140 cm³/mol. The lowest BCUT2D eigenvalue weighted by Crippen LogP contribution is -2.39. The number of fused-ring (bicyclic) bond motifs is 2. The first-order valence-corrected chi connectivity index (χ1v) is 13.1. The van der Waals surface area contributed by atoms with Crippen LogP contribution in [-0.2, 0) is 17.7 Å². The molecule has 0 radical (unpaired) electrons. The van der Waals surface area contributed by atoms with Crippen LogP contribution in [0.4, 0.5) is 0 Å². The Labute approximate surface area is 212 Å². The van der Waals surface area contributed by atoms with E-state index in [0.29, 0.717) is 36.2 Å². The molecule has 1 aliphatic rings. The van der Waals surface area contributed by atoms with E-state index in [2.05, 4.69) is 10.2 Å². The van der Waals surface area contributed by atoms with Crippen molar-refractivity contribution in [1.29, 1.82) is 5.41 Å². The molecule has 0 unspecified atom stereocenters. The monoisotopic (exact) mass is 506 g/mol. The molecule has 10 heteroatoms. The van der Waals surface area contributed by atoms with Crippen LogP contribution in [0.25, 0.3) is 16.7 Å². The Morgan fingerprint density at radius 3 is 2.83 bits per heavy atom. The number of hydrogen-bond donors (Lipinski definition) is 2. The molecule has 36 heavy (non-hydrogen) atoms. The van der Waals surface area contributed by atoms with Crippen molar-refractivity contribution in [1.82, 2.24) is 24.2 Å². The number of aryl methyl sites for hydroxylation is 3. The summed E-state index contributed by atoms with van der Waals surface area (Å²) in [6.07, 6.45) is 3.19. The smallest absolute Gasteiger partial charge is 0.267 e. The summed E-state index contributed by atoms with van der Waals surface area (Å²) in [5, 5.41) is 14.2. The normalized spacial score (nSPS) is 14.5. The van der Waals surface area contributed by atoms with Gasteiger partial charge in [0.25, 0.3) is 11.5 Å². The third kappa shape index (κ3) is 5.11. The van der Waals surface area contributed by atoms with Crippen LogP contribution in [0.3, 0.4) is 0 Å². The van der Waals surface area contributed by atoms with Gasteiger partial charge in [-0.2, -0.15) is 0 Å². The zero-order valence-electron chi connectivity index (χ0n) is 20.3. The molecule has 0 aliphatic carbocycles. The highest BCUT2D eigenvalue weighted by molar-refractivity contribution is 7.09. The van der Waals surface area contributed by atoms with Crippen molar-refractivity contribution >= 4 is 33.9 Å². The van der Waals surface area contributed by atoms with Crippen molar-refractivity contribution in [2.24, 2.45) is 0 Å². The first-order valence-electron chi connectivity index (χ1n) is 12.2. The fraction of sp³-hybridized carbons (Fsp3) is 0.385. The van der Waals surface area contributed by atoms with Crippen LogP contribution >= 0.6 is 11.3 Å². The number of ether oxygens (including phenoxy) is 1. The van der Waals surface area contributed by atoms with Gasteiger partial charge in [0.05, 0.1) is 24.2 Å². The van der Waals surface area contributed by atoms with Crippen molar-refractivity contribution in [2.75, 3.05) is 39.4 Å². The highest BCUT2D eigenvalue weighted by Gasteiger charge is 2.18. The van der Waals surface area contributed by atoms with E-state index in [-0.39, 0.29) is 22.5 Å². The number of hydrogen-bond acceptors (Lipinski definition) is 7. The van der Waals surface area contributed by atoms with Crippen LogP contribution < -0.4 is 16.4 Å². The number of pyridine rings is 2. The number of rotatable bonds is 8. The van der Waals surface area contributed by atoms with Gasteiger partial charge in [-0.1, -0.05) is 6.07 Å². The summed E-state index contributed by atoms with van der Waals surface area (Å²) in [5.74, 6) is -0.345. The highest BCUT2D eigenvalue weighted by Crippen LogP contribution is 2.14. The molecule has 1 fully saturated rings. The summed E-state index contributed by atoms with van der Waals surface area (Å²) in [6.45, 7) is 7.08. The maximum Gasteiger partial charge on any atom is 0.267 e. The van der Waals surface area contributed by atoms with Gasteiger partial charge in [0.1, 0.15) is 16.8 Å². The number of nitrogens with zero attached hydrogens (tertiary/aromatic N) is 4. The number of aromatic nitrogens is 3. The van der Waals surface area contributed by atoms with Crippen molar-refractivity contribution in [3.63, 3.8) is 0 Å². The van der Waals surface area contributed by atoms with Gasteiger partial charge in [0.2, 0.25) is 0 Å². The zero-order chi connectivity index (χ0) is 25.1. The number of carbonyl (C=O) groups is 1. The third-order valence-corrected chi connectivity index (χ3v) is 7.45. The van der Waals surface area contributed by atoms with Crippen molar-refractivity contribution in [2.45, 2.75) is 26.3 Å². The largest absolute Gasteiger partial charge is 0.379 e. The van der Waals surface area contributed by atoms with Gasteiger partial charge >= 0.3 is 0 Å². The van der Waals surface area contributed by atoms with Gasteiger partial charge in [-0.05, 0) is 61.5 Å². The lowest BCUT2D eigenvalue weighted by atomic mass is 10.1. The van der Waals surface area contributed by atoms with Crippen LogP contribution in [0.1, 0.15) is 27.2 Å². The molecule has 0 saturated carbocycles. The molecule has 9 nitrogen and oxygen atoms in total. The zero-order valence-corrected chi connectivity index (χ0v) is 21.1. The Morgan fingerprint density at radius 1 is 1.22 bits per heavy atom. The second-order valence-corrected chi connectivity index (χ2v) is 10.1. The van der Waals surface area contributed by atoms with E-state index in [1.54, 1.807) is 22.1 Å². The van der Waals surface area contributed by atoms with Gasteiger partial charge in [-0.15, -0.1) is 11.3 Å². The maximum absolute atomic E-state index is 13.4. The summed E-state index contributed by atoms with van der Waals surface area (Å²) in [6, 6.07) is 9.27. The third-order valence-electron chi connectivity index (χ3n) is 6.52. The summed E-state index contributed by atoms with van der Waals surface area (Å²) in [7, 11) is 0. The lowest BCUT2D eigenvalue weighted by molar-refractivity contribution is 0.0374. The molecule has 1 amide bonds. The van der Waals surface area contributed by atoms with Crippen molar-refractivity contribution in [3.8, 4) is 0 Å². The van der Waals surface area contributed by atoms with Crippen LogP contribution in [0, 0.1) is 12.3 Å². The molecule has 0 atom stereocenters. The molecule has 0 bridgehead atoms. The van der Waals surface area contributed by atoms with E-state index in [4.69, 9.17) is 15.1 Å². The maximum atomic E-state index is 13.4. The molecule has 0 aromatic carbocycles. The van der Waals surface area contributed by atoms with Crippen LogP contribution in [0.5, 0.6) is 0 Å². The first-order chi connectivity index (χ1) is 17.5. The van der Waals surface area contributed by atoms with E-state index in [9.17, 15) is 9.59 Å². The minimum Gasteiger partial charge on any atom is -0.379 e. The number of morpholine rings is 1. The molecule has 0 spiro atoms. The van der Waals surface area contributed by atoms with E-state index in [0.717, 1.165) is 44.8 Å². The molecular weight excluding hydrogens is 476 g/mol. The quantitative estimate of drug-likeness (QED) is 0.282. The minimum atomic E-state index is -0.345. The number of nitrogens with one attached hydrogen (secondary N) is 2. The molecule has 1 saturated heterocycles. The minimum absolute atomic E-state index is 0.0636. The molecule has 1 aliphatic heterocycles. The van der Waals surface area contributed by atoms with Crippen LogP contribution in [0.2, 0.25) is 0 Å². The molecule has 5 heterocycles. The average Bonchev–Trinajstić information content (AvgIpc) is 3.40. The topological polar surface area (TPSA) is 105 Å². The number of thiophene rings is 1. The van der Waals surface area contributed by atoms with Gasteiger partial charge < -0.3 is 14.6 Å². The Balaban J connectivity index is 1.47. The van der Waals surface area contributed by atoms with E-state index >= 15 is 0 Å². The fourth-order valence-corrected chi connectivity index (χ4v) is 5.23. The Kier molecular flexibility index (Phi) is 7.26. The van der Waals surface area contributed by atoms with Crippen LogP contribution in [0.15, 0.2) is 46.7 Å². The highest BCUT2D eigenvalue weighted by atomic mass is 32.1. The second-order valence-electron chi connectivity index (χ2n) is 9.04. The lowest BCUT2D eigenvalue weighted by Gasteiger charge is -2.26. The second kappa shape index (κ2) is 10.7. The average molecular weight is 507 g/mol. The van der Waals surface area contributed by atoms with E-state index in [1.807, 2.05) is 36.6 Å². The number of amides is 1. The molecule has 5 rings (SSSR count). The van der Waals surface area contributed by atoms with Gasteiger partial charge in [-0.25, -0.2) is 4.98 Å².